The highest BCUT2D eigenvalue weighted by Crippen LogP contribution is 2.20. The van der Waals surface area contributed by atoms with Crippen molar-refractivity contribution in [1.82, 2.24) is 9.80 Å². The van der Waals surface area contributed by atoms with E-state index in [2.05, 4.69) is 4.90 Å². The molecule has 20 heavy (non-hydrogen) atoms. The topological polar surface area (TPSA) is 58.8 Å². The molecule has 1 amide bonds. The predicted molar refractivity (Wildman–Crippen MR) is 79.5 cm³/mol. The lowest BCUT2D eigenvalue weighted by Gasteiger charge is -2.32. The van der Waals surface area contributed by atoms with Crippen molar-refractivity contribution in [1.29, 1.82) is 0 Å². The van der Waals surface area contributed by atoms with E-state index in [1.165, 1.54) is 32.4 Å². The maximum absolute atomic E-state index is 12.0. The van der Waals surface area contributed by atoms with Crippen LogP contribution < -0.4 is 5.73 Å². The van der Waals surface area contributed by atoms with Crippen LogP contribution in [0.1, 0.15) is 32.1 Å². The Morgan fingerprint density at radius 2 is 1.85 bits per heavy atom. The van der Waals surface area contributed by atoms with Crippen LogP contribution in [0.5, 0.6) is 0 Å². The zero-order valence-electron chi connectivity index (χ0n) is 12.6. The van der Waals surface area contributed by atoms with Gasteiger partial charge in [0, 0.05) is 19.5 Å². The third-order valence-electron chi connectivity index (χ3n) is 4.51. The SMILES string of the molecule is NCCC1CCN(CCCC(=O)N2CCOCC2)CC1. The summed E-state index contributed by atoms with van der Waals surface area (Å²) in [6.07, 6.45) is 5.38. The molecule has 116 valence electrons. The number of amides is 1. The van der Waals surface area contributed by atoms with Crippen molar-refractivity contribution in [3.63, 3.8) is 0 Å². The standard InChI is InChI=1S/C15H29N3O2/c16-6-3-14-4-8-17(9-5-14)7-1-2-15(19)18-10-12-20-13-11-18/h14H,1-13,16H2. The number of carbonyl (C=O) groups excluding carboxylic acids is 1. The lowest BCUT2D eigenvalue weighted by molar-refractivity contribution is -0.135. The molecule has 0 bridgehead atoms. The number of rotatable bonds is 6. The molecule has 0 radical (unpaired) electrons. The molecule has 2 rings (SSSR count). The molecule has 0 saturated carbocycles. The van der Waals surface area contributed by atoms with E-state index in [1.54, 1.807) is 0 Å². The summed E-state index contributed by atoms with van der Waals surface area (Å²) in [5.41, 5.74) is 5.61. The minimum absolute atomic E-state index is 0.298. The molecule has 5 nitrogen and oxygen atoms in total. The summed E-state index contributed by atoms with van der Waals surface area (Å²) in [7, 11) is 0. The Balaban J connectivity index is 1.56. The van der Waals surface area contributed by atoms with Gasteiger partial charge >= 0.3 is 0 Å². The Bertz CT molecular complexity index is 285. The van der Waals surface area contributed by atoms with E-state index in [0.717, 1.165) is 38.5 Å². The van der Waals surface area contributed by atoms with Gasteiger partial charge in [-0.2, -0.15) is 0 Å². The van der Waals surface area contributed by atoms with Gasteiger partial charge in [0.25, 0.3) is 0 Å². The van der Waals surface area contributed by atoms with E-state index in [1.807, 2.05) is 4.90 Å². The highest BCUT2D eigenvalue weighted by molar-refractivity contribution is 5.76. The van der Waals surface area contributed by atoms with E-state index >= 15 is 0 Å². The van der Waals surface area contributed by atoms with E-state index in [-0.39, 0.29) is 0 Å². The average molecular weight is 283 g/mol. The van der Waals surface area contributed by atoms with Gasteiger partial charge in [-0.25, -0.2) is 0 Å². The normalized spacial score (nSPS) is 22.1. The molecule has 0 unspecified atom stereocenters. The fraction of sp³-hybridized carbons (Fsp3) is 0.933. The maximum Gasteiger partial charge on any atom is 0.222 e. The van der Waals surface area contributed by atoms with Crippen LogP contribution in [0.15, 0.2) is 0 Å². The van der Waals surface area contributed by atoms with Gasteiger partial charge in [0.1, 0.15) is 0 Å². The quantitative estimate of drug-likeness (QED) is 0.779. The second-order valence-electron chi connectivity index (χ2n) is 5.96. The molecular formula is C15H29N3O2. The Hall–Kier alpha value is -0.650. The first-order valence-corrected chi connectivity index (χ1v) is 8.07. The molecular weight excluding hydrogens is 254 g/mol. The lowest BCUT2D eigenvalue weighted by Crippen LogP contribution is -2.41. The first-order chi connectivity index (χ1) is 9.79. The van der Waals surface area contributed by atoms with Gasteiger partial charge in [0.05, 0.1) is 13.2 Å². The van der Waals surface area contributed by atoms with Gasteiger partial charge in [0.15, 0.2) is 0 Å². The van der Waals surface area contributed by atoms with Crippen molar-refractivity contribution in [3.05, 3.63) is 0 Å². The van der Waals surface area contributed by atoms with Crippen LogP contribution in [-0.4, -0.2) is 68.2 Å². The zero-order valence-corrected chi connectivity index (χ0v) is 12.6. The van der Waals surface area contributed by atoms with Crippen LogP contribution in [0.3, 0.4) is 0 Å². The molecule has 2 heterocycles. The van der Waals surface area contributed by atoms with E-state index < -0.39 is 0 Å². The number of nitrogens with zero attached hydrogens (tertiary/aromatic N) is 2. The second kappa shape index (κ2) is 8.60. The highest BCUT2D eigenvalue weighted by Gasteiger charge is 2.19. The molecule has 2 fully saturated rings. The Morgan fingerprint density at radius 3 is 2.50 bits per heavy atom. The Labute approximate surface area is 122 Å². The summed E-state index contributed by atoms with van der Waals surface area (Å²) >= 11 is 0. The van der Waals surface area contributed by atoms with Crippen LogP contribution in [0.4, 0.5) is 0 Å². The van der Waals surface area contributed by atoms with Gasteiger partial charge < -0.3 is 20.3 Å². The molecule has 0 aromatic rings. The lowest BCUT2D eigenvalue weighted by atomic mass is 9.93. The van der Waals surface area contributed by atoms with Gasteiger partial charge in [0.2, 0.25) is 5.91 Å². The summed E-state index contributed by atoms with van der Waals surface area (Å²) in [6, 6.07) is 0. The molecule has 2 aliphatic heterocycles. The summed E-state index contributed by atoms with van der Waals surface area (Å²) in [4.78, 5) is 16.5. The summed E-state index contributed by atoms with van der Waals surface area (Å²) < 4.78 is 5.27. The number of hydrogen-bond donors (Lipinski definition) is 1. The van der Waals surface area contributed by atoms with Crippen molar-refractivity contribution in [2.45, 2.75) is 32.1 Å². The molecule has 0 atom stereocenters. The van der Waals surface area contributed by atoms with Crippen molar-refractivity contribution in [2.75, 3.05) is 52.5 Å². The van der Waals surface area contributed by atoms with Crippen LogP contribution in [0, 0.1) is 5.92 Å². The number of ether oxygens (including phenoxy) is 1. The number of carbonyl (C=O) groups is 1. The fourth-order valence-corrected chi connectivity index (χ4v) is 3.16. The van der Waals surface area contributed by atoms with Crippen LogP contribution in [0.2, 0.25) is 0 Å². The first-order valence-electron chi connectivity index (χ1n) is 8.07. The molecule has 2 saturated heterocycles. The maximum atomic E-state index is 12.0. The minimum atomic E-state index is 0.298. The van der Waals surface area contributed by atoms with Crippen LogP contribution in [0.25, 0.3) is 0 Å². The van der Waals surface area contributed by atoms with Crippen molar-refractivity contribution < 1.29 is 9.53 Å². The molecule has 0 aromatic carbocycles. The fourth-order valence-electron chi connectivity index (χ4n) is 3.16. The highest BCUT2D eigenvalue weighted by atomic mass is 16.5. The third-order valence-corrected chi connectivity index (χ3v) is 4.51. The third kappa shape index (κ3) is 5.04. The molecule has 0 spiro atoms. The summed E-state index contributed by atoms with van der Waals surface area (Å²) in [5, 5.41) is 0. The van der Waals surface area contributed by atoms with Crippen LogP contribution >= 0.6 is 0 Å². The molecule has 2 N–H and O–H groups in total. The Morgan fingerprint density at radius 1 is 1.15 bits per heavy atom. The molecule has 0 aliphatic carbocycles. The van der Waals surface area contributed by atoms with E-state index in [0.29, 0.717) is 25.5 Å². The molecule has 5 heteroatoms. The molecule has 0 aromatic heterocycles. The summed E-state index contributed by atoms with van der Waals surface area (Å²) in [6.45, 7) is 7.16. The van der Waals surface area contributed by atoms with E-state index in [9.17, 15) is 4.79 Å². The van der Waals surface area contributed by atoms with Gasteiger partial charge in [-0.05, 0) is 57.8 Å². The number of morpholine rings is 1. The van der Waals surface area contributed by atoms with Crippen molar-refractivity contribution >= 4 is 5.91 Å². The predicted octanol–water partition coefficient (Wildman–Crippen LogP) is 0.686. The van der Waals surface area contributed by atoms with Crippen molar-refractivity contribution in [2.24, 2.45) is 11.7 Å². The Kier molecular flexibility index (Phi) is 6.76. The average Bonchev–Trinajstić information content (AvgIpc) is 2.50. The largest absolute Gasteiger partial charge is 0.378 e. The summed E-state index contributed by atoms with van der Waals surface area (Å²) in [5.74, 6) is 1.12. The number of nitrogens with two attached hydrogens (primary N) is 1. The monoisotopic (exact) mass is 283 g/mol. The smallest absolute Gasteiger partial charge is 0.222 e. The minimum Gasteiger partial charge on any atom is -0.378 e. The van der Waals surface area contributed by atoms with E-state index in [4.69, 9.17) is 10.5 Å². The van der Waals surface area contributed by atoms with Crippen molar-refractivity contribution in [3.8, 4) is 0 Å². The number of hydrogen-bond acceptors (Lipinski definition) is 4. The number of likely N-dealkylation sites (tertiary alicyclic amines) is 1. The van der Waals surface area contributed by atoms with Gasteiger partial charge in [-0.3, -0.25) is 4.79 Å². The van der Waals surface area contributed by atoms with Crippen LogP contribution in [-0.2, 0) is 9.53 Å². The molecule has 2 aliphatic rings. The second-order valence-corrected chi connectivity index (χ2v) is 5.96. The zero-order chi connectivity index (χ0) is 14.2. The first kappa shape index (κ1) is 15.7. The van der Waals surface area contributed by atoms with Gasteiger partial charge in [-0.15, -0.1) is 0 Å². The number of piperidine rings is 1. The van der Waals surface area contributed by atoms with Gasteiger partial charge in [-0.1, -0.05) is 0 Å².